The highest BCUT2D eigenvalue weighted by molar-refractivity contribution is 5.86. The molecule has 0 spiro atoms. The topological polar surface area (TPSA) is 89.9 Å². The number of carbonyl (C=O) groups excluding carboxylic acids is 2. The number of carbonyl (C=O) groups is 2. The van der Waals surface area contributed by atoms with Gasteiger partial charge in [-0.25, -0.2) is 0 Å². The van der Waals surface area contributed by atoms with Crippen molar-refractivity contribution in [1.82, 2.24) is 10.2 Å². The summed E-state index contributed by atoms with van der Waals surface area (Å²) in [4.78, 5) is 27.8. The van der Waals surface area contributed by atoms with Crippen LogP contribution in [0.15, 0.2) is 67.3 Å². The Morgan fingerprint density at radius 1 is 1.10 bits per heavy atom. The normalized spacial score (nSPS) is 17.4. The minimum atomic E-state index is -0.598. The maximum absolute atomic E-state index is 13.1. The van der Waals surface area contributed by atoms with Crippen LogP contribution in [0, 0.1) is 5.92 Å². The average molecular weight is 423 g/mol. The van der Waals surface area contributed by atoms with Crippen LogP contribution in [0.1, 0.15) is 35.6 Å². The van der Waals surface area contributed by atoms with Gasteiger partial charge in [0.25, 0.3) is 0 Å². The molecule has 1 aliphatic heterocycles. The lowest BCUT2D eigenvalue weighted by Gasteiger charge is -2.36. The van der Waals surface area contributed by atoms with E-state index in [0.717, 1.165) is 16.7 Å². The molecule has 2 aromatic carbocycles. The van der Waals surface area contributed by atoms with E-state index in [-0.39, 0.29) is 37.5 Å². The first-order valence-electron chi connectivity index (χ1n) is 10.6. The van der Waals surface area contributed by atoms with Crippen LogP contribution in [-0.4, -0.2) is 46.2 Å². The maximum atomic E-state index is 13.1. The molecule has 1 heterocycles. The molecule has 1 aliphatic rings. The molecule has 6 nitrogen and oxygen atoms in total. The number of allylic oxidation sites excluding steroid dienone is 1. The number of nitrogens with zero attached hydrogens (tertiary/aromatic N) is 1. The van der Waals surface area contributed by atoms with Gasteiger partial charge in [-0.15, -0.1) is 6.58 Å². The first kappa shape index (κ1) is 22.7. The number of fused-ring (bicyclic) bond motifs is 1. The van der Waals surface area contributed by atoms with E-state index in [1.165, 1.54) is 0 Å². The Balaban J connectivity index is 1.70. The van der Waals surface area contributed by atoms with E-state index in [0.29, 0.717) is 19.4 Å². The minimum absolute atomic E-state index is 0.0173. The van der Waals surface area contributed by atoms with Crippen LogP contribution in [-0.2, 0) is 22.6 Å². The summed E-state index contributed by atoms with van der Waals surface area (Å²) >= 11 is 0. The molecule has 3 N–H and O–H groups in total. The number of hydrogen-bond donors (Lipinski definition) is 3. The summed E-state index contributed by atoms with van der Waals surface area (Å²) in [5.74, 6) is -1.07. The Morgan fingerprint density at radius 3 is 2.42 bits per heavy atom. The molecule has 0 aliphatic carbocycles. The SMILES string of the molecule is C=CC[C@H](CC(=O)N1Cc2ccccc2C[C@H]1CO)C(=O)N[C@H](CO)c1ccccc1. The van der Waals surface area contributed by atoms with Gasteiger partial charge in [-0.3, -0.25) is 9.59 Å². The Hall–Kier alpha value is -2.96. The molecule has 0 radical (unpaired) electrons. The second-order valence-corrected chi connectivity index (χ2v) is 7.91. The third-order valence-electron chi connectivity index (χ3n) is 5.83. The summed E-state index contributed by atoms with van der Waals surface area (Å²) < 4.78 is 0. The fraction of sp³-hybridized carbons (Fsp3) is 0.360. The third kappa shape index (κ3) is 5.60. The summed E-state index contributed by atoms with van der Waals surface area (Å²) in [7, 11) is 0. The van der Waals surface area contributed by atoms with Gasteiger partial charge in [-0.05, 0) is 29.5 Å². The first-order valence-corrected chi connectivity index (χ1v) is 10.6. The number of aliphatic hydroxyl groups is 2. The van der Waals surface area contributed by atoms with E-state index in [4.69, 9.17) is 0 Å². The highest BCUT2D eigenvalue weighted by atomic mass is 16.3. The molecule has 0 saturated carbocycles. The zero-order valence-corrected chi connectivity index (χ0v) is 17.6. The van der Waals surface area contributed by atoms with Gasteiger partial charge in [0, 0.05) is 13.0 Å². The predicted molar refractivity (Wildman–Crippen MR) is 119 cm³/mol. The molecule has 3 atom stereocenters. The third-order valence-corrected chi connectivity index (χ3v) is 5.83. The van der Waals surface area contributed by atoms with Crippen molar-refractivity contribution in [2.24, 2.45) is 5.92 Å². The van der Waals surface area contributed by atoms with Gasteiger partial charge in [-0.2, -0.15) is 0 Å². The molecule has 0 unspecified atom stereocenters. The molecule has 2 aromatic rings. The second-order valence-electron chi connectivity index (χ2n) is 7.91. The average Bonchev–Trinajstić information content (AvgIpc) is 2.81. The van der Waals surface area contributed by atoms with Gasteiger partial charge >= 0.3 is 0 Å². The zero-order valence-electron chi connectivity index (χ0n) is 17.6. The Bertz CT molecular complexity index is 899. The van der Waals surface area contributed by atoms with Crippen molar-refractivity contribution in [1.29, 1.82) is 0 Å². The lowest BCUT2D eigenvalue weighted by Crippen LogP contribution is -2.47. The lowest BCUT2D eigenvalue weighted by atomic mass is 9.92. The largest absolute Gasteiger partial charge is 0.394 e. The zero-order chi connectivity index (χ0) is 22.2. The summed E-state index contributed by atoms with van der Waals surface area (Å²) in [6, 6.07) is 16.3. The van der Waals surface area contributed by atoms with Crippen molar-refractivity contribution in [3.8, 4) is 0 Å². The van der Waals surface area contributed by atoms with E-state index in [9.17, 15) is 19.8 Å². The molecule has 0 bridgehead atoms. The van der Waals surface area contributed by atoms with Gasteiger partial charge in [0.1, 0.15) is 0 Å². The van der Waals surface area contributed by atoms with Gasteiger partial charge in [0.05, 0.1) is 31.2 Å². The van der Waals surface area contributed by atoms with Crippen molar-refractivity contribution in [2.75, 3.05) is 13.2 Å². The predicted octanol–water partition coefficient (Wildman–Crippen LogP) is 2.36. The maximum Gasteiger partial charge on any atom is 0.224 e. The fourth-order valence-electron chi connectivity index (χ4n) is 4.06. The summed E-state index contributed by atoms with van der Waals surface area (Å²) in [6.07, 6.45) is 2.59. The quantitative estimate of drug-likeness (QED) is 0.541. The van der Waals surface area contributed by atoms with Crippen molar-refractivity contribution >= 4 is 11.8 Å². The molecule has 2 amide bonds. The van der Waals surface area contributed by atoms with E-state index < -0.39 is 12.0 Å². The number of hydrogen-bond acceptors (Lipinski definition) is 4. The van der Waals surface area contributed by atoms with Crippen molar-refractivity contribution in [3.63, 3.8) is 0 Å². The second kappa shape index (κ2) is 10.9. The number of aliphatic hydroxyl groups excluding tert-OH is 2. The van der Waals surface area contributed by atoms with Crippen LogP contribution in [0.5, 0.6) is 0 Å². The molecular weight excluding hydrogens is 392 g/mol. The monoisotopic (exact) mass is 422 g/mol. The molecule has 0 fully saturated rings. The van der Waals surface area contributed by atoms with Crippen LogP contribution in [0.2, 0.25) is 0 Å². The molecule has 0 saturated heterocycles. The number of amides is 2. The van der Waals surface area contributed by atoms with Crippen LogP contribution in [0.3, 0.4) is 0 Å². The van der Waals surface area contributed by atoms with Crippen LogP contribution in [0.25, 0.3) is 0 Å². The van der Waals surface area contributed by atoms with Gasteiger partial charge in [-0.1, -0.05) is 60.7 Å². The summed E-state index contributed by atoms with van der Waals surface area (Å²) in [5, 5.41) is 22.5. The van der Waals surface area contributed by atoms with Gasteiger partial charge in [0.15, 0.2) is 0 Å². The highest BCUT2D eigenvalue weighted by Crippen LogP contribution is 2.25. The van der Waals surface area contributed by atoms with E-state index >= 15 is 0 Å². The standard InChI is InChI=1S/C25H30N2O4/c1-2-8-20(25(31)26-23(17-29)18-9-4-3-5-10-18)14-24(30)27-15-21-12-7-6-11-19(21)13-22(27)16-28/h2-7,9-12,20,22-23,28-29H,1,8,13-17H2,(H,26,31)/t20-,22+,23-/m1/s1. The molecule has 0 aromatic heterocycles. The summed E-state index contributed by atoms with van der Waals surface area (Å²) in [5.41, 5.74) is 3.00. The Kier molecular flexibility index (Phi) is 7.98. The van der Waals surface area contributed by atoms with E-state index in [2.05, 4.69) is 11.9 Å². The minimum Gasteiger partial charge on any atom is -0.394 e. The smallest absolute Gasteiger partial charge is 0.224 e. The van der Waals surface area contributed by atoms with Crippen molar-refractivity contribution < 1.29 is 19.8 Å². The van der Waals surface area contributed by atoms with Gasteiger partial charge < -0.3 is 20.4 Å². The fourth-order valence-corrected chi connectivity index (χ4v) is 4.06. The molecular formula is C25H30N2O4. The number of rotatable bonds is 9. The van der Waals surface area contributed by atoms with Gasteiger partial charge in [0.2, 0.25) is 11.8 Å². The Labute approximate surface area is 183 Å². The van der Waals surface area contributed by atoms with Crippen LogP contribution < -0.4 is 5.32 Å². The lowest BCUT2D eigenvalue weighted by molar-refractivity contribution is -0.140. The first-order chi connectivity index (χ1) is 15.1. The number of benzene rings is 2. The van der Waals surface area contributed by atoms with Crippen LogP contribution in [0.4, 0.5) is 0 Å². The number of nitrogens with one attached hydrogen (secondary N) is 1. The van der Waals surface area contributed by atoms with Crippen LogP contribution >= 0.6 is 0 Å². The van der Waals surface area contributed by atoms with E-state index in [1.54, 1.807) is 11.0 Å². The molecule has 3 rings (SSSR count). The molecule has 164 valence electrons. The highest BCUT2D eigenvalue weighted by Gasteiger charge is 2.32. The Morgan fingerprint density at radius 2 is 1.77 bits per heavy atom. The van der Waals surface area contributed by atoms with Crippen molar-refractivity contribution in [3.05, 3.63) is 83.9 Å². The molecule has 6 heteroatoms. The summed E-state index contributed by atoms with van der Waals surface area (Å²) in [6.45, 7) is 3.79. The van der Waals surface area contributed by atoms with E-state index in [1.807, 2.05) is 54.6 Å². The van der Waals surface area contributed by atoms with Crippen molar-refractivity contribution in [2.45, 2.75) is 37.9 Å². The molecule has 31 heavy (non-hydrogen) atoms.